The number of anilines is 1. The third-order valence-corrected chi connectivity index (χ3v) is 9.59. The van der Waals surface area contributed by atoms with Crippen LogP contribution in [0.25, 0.3) is 10.9 Å². The highest BCUT2D eigenvalue weighted by atomic mass is 32.2. The lowest BCUT2D eigenvalue weighted by Gasteiger charge is -2.36. The molecular weight excluding hydrogens is 514 g/mol. The van der Waals surface area contributed by atoms with Gasteiger partial charge in [0.25, 0.3) is 11.5 Å². The molecule has 0 unspecified atom stereocenters. The number of piperidine rings is 1. The number of aryl methyl sites for hydroxylation is 2. The van der Waals surface area contributed by atoms with Crippen LogP contribution in [0.5, 0.6) is 0 Å². The lowest BCUT2D eigenvalue weighted by Crippen LogP contribution is -2.36. The molecule has 0 bridgehead atoms. The van der Waals surface area contributed by atoms with E-state index in [9.17, 15) is 9.59 Å². The number of hydrogen-bond donors (Lipinski definition) is 2. The third-order valence-electron chi connectivity index (χ3n) is 7.77. The summed E-state index contributed by atoms with van der Waals surface area (Å²) in [5, 5.41) is 7.23. The minimum atomic E-state index is -0.151. The van der Waals surface area contributed by atoms with Gasteiger partial charge in [-0.15, -0.1) is 23.1 Å². The van der Waals surface area contributed by atoms with Crippen LogP contribution in [0.4, 0.5) is 5.13 Å². The zero-order chi connectivity index (χ0) is 27.0. The molecule has 0 saturated carbocycles. The van der Waals surface area contributed by atoms with Gasteiger partial charge in [0, 0.05) is 63.8 Å². The predicted octanol–water partition coefficient (Wildman–Crippen LogP) is 5.84. The fraction of sp³-hybridized carbons (Fsp3) is 0.414. The molecule has 1 amide bonds. The van der Waals surface area contributed by atoms with E-state index in [1.54, 1.807) is 11.3 Å². The molecule has 200 valence electrons. The molecule has 4 heterocycles. The van der Waals surface area contributed by atoms with Gasteiger partial charge >= 0.3 is 0 Å². The van der Waals surface area contributed by atoms with Gasteiger partial charge in [0.15, 0.2) is 5.13 Å². The number of nitrogens with zero attached hydrogens (tertiary/aromatic N) is 3. The molecule has 7 nitrogen and oxygen atoms in total. The monoisotopic (exact) mass is 549 g/mol. The number of aromatic nitrogens is 3. The molecule has 0 spiro atoms. The van der Waals surface area contributed by atoms with Crippen molar-refractivity contribution in [3.8, 4) is 0 Å². The Kier molecular flexibility index (Phi) is 7.68. The molecule has 5 rings (SSSR count). The number of thiazole rings is 1. The van der Waals surface area contributed by atoms with E-state index < -0.39 is 0 Å². The smallest absolute Gasteiger partial charge is 0.254 e. The van der Waals surface area contributed by atoms with Gasteiger partial charge in [0.1, 0.15) is 0 Å². The van der Waals surface area contributed by atoms with Crippen LogP contribution in [0, 0.1) is 26.7 Å². The highest BCUT2D eigenvalue weighted by Crippen LogP contribution is 2.37. The maximum atomic E-state index is 13.6. The number of nitrogens with one attached hydrogen (secondary N) is 2. The molecule has 1 fully saturated rings. The molecule has 1 aromatic carbocycles. The van der Waals surface area contributed by atoms with E-state index >= 15 is 0 Å². The first-order chi connectivity index (χ1) is 18.3. The Morgan fingerprint density at radius 1 is 1.24 bits per heavy atom. The number of carbonyl (C=O) groups excluding carboxylic acids is 1. The molecule has 1 atom stereocenters. The second-order valence-electron chi connectivity index (χ2n) is 10.2. The van der Waals surface area contributed by atoms with Crippen LogP contribution in [0.2, 0.25) is 0 Å². The van der Waals surface area contributed by atoms with E-state index in [-0.39, 0.29) is 24.1 Å². The lowest BCUT2D eigenvalue weighted by molar-refractivity contribution is 0.0951. The summed E-state index contributed by atoms with van der Waals surface area (Å²) in [7, 11) is 0. The Balaban J connectivity index is 1.38. The average molecular weight is 550 g/mol. The first kappa shape index (κ1) is 26.6. The van der Waals surface area contributed by atoms with Crippen molar-refractivity contribution in [2.24, 2.45) is 5.92 Å². The number of fused-ring (bicyclic) bond motifs is 1. The van der Waals surface area contributed by atoms with Crippen molar-refractivity contribution in [3.05, 3.63) is 74.3 Å². The largest absolute Gasteiger partial charge is 0.348 e. The van der Waals surface area contributed by atoms with Gasteiger partial charge in [-0.2, -0.15) is 0 Å². The molecule has 9 heteroatoms. The van der Waals surface area contributed by atoms with Gasteiger partial charge in [-0.1, -0.05) is 18.2 Å². The number of benzene rings is 1. The van der Waals surface area contributed by atoms with Gasteiger partial charge < -0.3 is 19.8 Å². The summed E-state index contributed by atoms with van der Waals surface area (Å²) < 4.78 is 2.35. The zero-order valence-corrected chi connectivity index (χ0v) is 24.3. The van der Waals surface area contributed by atoms with Crippen LogP contribution >= 0.6 is 23.1 Å². The van der Waals surface area contributed by atoms with Crippen LogP contribution < -0.4 is 15.8 Å². The van der Waals surface area contributed by atoms with E-state index in [0.29, 0.717) is 17.0 Å². The van der Waals surface area contributed by atoms with Gasteiger partial charge in [-0.25, -0.2) is 4.98 Å². The summed E-state index contributed by atoms with van der Waals surface area (Å²) in [5.74, 6) is 0.360. The standard InChI is InChI=1S/C29H35N5O2S2/c1-17-14-25(37-5)23(27(35)31-17)15-30-28(36)26-20(4)34(24-9-7-6-8-22(24)26)19(3)21-10-12-33(13-11-21)29-32-18(2)16-38-29/h6-9,14,16,19,21H,10-13,15H2,1-5H3,(H,30,36)(H,31,35)/t19-/m1/s1. The molecule has 1 saturated heterocycles. The summed E-state index contributed by atoms with van der Waals surface area (Å²) in [6, 6.07) is 10.4. The summed E-state index contributed by atoms with van der Waals surface area (Å²) in [5.41, 5.74) is 5.08. The first-order valence-corrected chi connectivity index (χ1v) is 15.2. The van der Waals surface area contributed by atoms with Gasteiger partial charge in [-0.3, -0.25) is 9.59 Å². The summed E-state index contributed by atoms with van der Waals surface area (Å²) in [4.78, 5) is 37.0. The van der Waals surface area contributed by atoms with E-state index in [4.69, 9.17) is 0 Å². The fourth-order valence-electron chi connectivity index (χ4n) is 5.77. The first-order valence-electron chi connectivity index (χ1n) is 13.1. The Labute approximate surface area is 231 Å². The lowest BCUT2D eigenvalue weighted by atomic mass is 9.90. The van der Waals surface area contributed by atoms with Crippen LogP contribution in [-0.2, 0) is 6.54 Å². The number of H-pyrrole nitrogens is 1. The maximum absolute atomic E-state index is 13.6. The van der Waals surface area contributed by atoms with Gasteiger partial charge in [0.05, 0.1) is 11.3 Å². The minimum absolute atomic E-state index is 0.148. The Morgan fingerprint density at radius 2 is 1.97 bits per heavy atom. The van der Waals surface area contributed by atoms with Crippen molar-refractivity contribution in [1.82, 2.24) is 19.9 Å². The zero-order valence-electron chi connectivity index (χ0n) is 22.6. The number of thioether (sulfide) groups is 1. The third kappa shape index (κ3) is 5.01. The van der Waals surface area contributed by atoms with Crippen LogP contribution in [0.15, 0.2) is 45.4 Å². The molecule has 0 aliphatic carbocycles. The SMILES string of the molecule is CSc1cc(C)[nH]c(=O)c1CNC(=O)c1c(C)n([C@H](C)C2CCN(c3nc(C)cs3)CC2)c2ccccc12. The van der Waals surface area contributed by atoms with E-state index in [2.05, 4.69) is 43.1 Å². The molecule has 2 N–H and O–H groups in total. The minimum Gasteiger partial charge on any atom is -0.348 e. The summed E-state index contributed by atoms with van der Waals surface area (Å²) >= 11 is 3.24. The van der Waals surface area contributed by atoms with Gasteiger partial charge in [-0.05, 0) is 64.8 Å². The van der Waals surface area contributed by atoms with Crippen LogP contribution in [-0.4, -0.2) is 39.8 Å². The number of aromatic amines is 1. The average Bonchev–Trinajstić information content (AvgIpc) is 3.47. The molecular formula is C29H35N5O2S2. The van der Waals surface area contributed by atoms with Crippen molar-refractivity contribution in [2.75, 3.05) is 24.2 Å². The maximum Gasteiger partial charge on any atom is 0.254 e. The van der Waals surface area contributed by atoms with Crippen molar-refractivity contribution in [1.29, 1.82) is 0 Å². The summed E-state index contributed by atoms with van der Waals surface area (Å²) in [6.45, 7) is 10.4. The Morgan fingerprint density at radius 3 is 2.66 bits per heavy atom. The summed E-state index contributed by atoms with van der Waals surface area (Å²) in [6.07, 6.45) is 4.11. The predicted molar refractivity (Wildman–Crippen MR) is 158 cm³/mol. The van der Waals surface area contributed by atoms with Gasteiger partial charge in [0.2, 0.25) is 0 Å². The molecule has 3 aromatic heterocycles. The number of pyridine rings is 1. The van der Waals surface area contributed by atoms with Crippen LogP contribution in [0.3, 0.4) is 0 Å². The Hall–Kier alpha value is -3.04. The van der Waals surface area contributed by atoms with E-state index in [1.165, 1.54) is 11.8 Å². The van der Waals surface area contributed by atoms with Crippen LogP contribution in [0.1, 0.15) is 58.8 Å². The van der Waals surface area contributed by atoms with Crippen molar-refractivity contribution >= 4 is 45.0 Å². The molecule has 0 radical (unpaired) electrons. The second kappa shape index (κ2) is 11.0. The molecule has 1 aliphatic rings. The highest BCUT2D eigenvalue weighted by Gasteiger charge is 2.30. The fourth-order valence-corrected chi connectivity index (χ4v) is 7.33. The topological polar surface area (TPSA) is 83.0 Å². The quantitative estimate of drug-likeness (QED) is 0.283. The van der Waals surface area contributed by atoms with Crippen molar-refractivity contribution in [3.63, 3.8) is 0 Å². The highest BCUT2D eigenvalue weighted by molar-refractivity contribution is 7.98. The molecule has 1 aliphatic heterocycles. The Bertz CT molecular complexity index is 1530. The number of rotatable bonds is 7. The van der Waals surface area contributed by atoms with Crippen molar-refractivity contribution in [2.45, 2.75) is 58.0 Å². The normalized spacial score (nSPS) is 15.2. The number of hydrogen-bond acceptors (Lipinski definition) is 6. The van der Waals surface area contributed by atoms with E-state index in [1.807, 2.05) is 51.3 Å². The number of carbonyl (C=O) groups is 1. The number of amides is 1. The molecule has 38 heavy (non-hydrogen) atoms. The second-order valence-corrected chi connectivity index (χ2v) is 11.9. The van der Waals surface area contributed by atoms with Crippen molar-refractivity contribution < 1.29 is 4.79 Å². The van der Waals surface area contributed by atoms with E-state index in [0.717, 1.165) is 63.9 Å². The number of para-hydroxylation sites is 1. The molecule has 4 aromatic rings.